The summed E-state index contributed by atoms with van der Waals surface area (Å²) in [5.41, 5.74) is 1.76. The van der Waals surface area contributed by atoms with Crippen LogP contribution in [0.3, 0.4) is 0 Å². The molecule has 0 fully saturated rings. The van der Waals surface area contributed by atoms with Crippen molar-refractivity contribution in [3.8, 4) is 5.75 Å². The van der Waals surface area contributed by atoms with E-state index in [1.54, 1.807) is 0 Å². The quantitative estimate of drug-likeness (QED) is 0.895. The summed E-state index contributed by atoms with van der Waals surface area (Å²) in [5.74, 6) is 0.605. The summed E-state index contributed by atoms with van der Waals surface area (Å²) in [5, 5.41) is 13.2. The van der Waals surface area contributed by atoms with Crippen LogP contribution in [0.2, 0.25) is 0 Å². The number of amides is 1. The van der Waals surface area contributed by atoms with Crippen LogP contribution in [0.4, 0.5) is 0 Å². The first kappa shape index (κ1) is 13.9. The number of fused-ring (bicyclic) bond motifs is 1. The highest BCUT2D eigenvalue weighted by molar-refractivity contribution is 5.79. The van der Waals surface area contributed by atoms with E-state index in [1.165, 1.54) is 0 Å². The van der Waals surface area contributed by atoms with Gasteiger partial charge in [0.15, 0.2) is 0 Å². The van der Waals surface area contributed by atoms with Crippen molar-refractivity contribution in [2.75, 3.05) is 6.61 Å². The topological polar surface area (TPSA) is 58.6 Å². The van der Waals surface area contributed by atoms with E-state index in [4.69, 9.17) is 4.74 Å². The molecule has 2 N–H and O–H groups in total. The number of nitrogens with one attached hydrogen (secondary N) is 1. The minimum Gasteiger partial charge on any atom is -0.491 e. The first-order chi connectivity index (χ1) is 10.2. The fraction of sp³-hybridized carbons (Fsp3) is 0.353. The maximum Gasteiger partial charge on any atom is 0.224 e. The molecule has 2 atom stereocenters. The molecule has 0 spiro atoms. The van der Waals surface area contributed by atoms with Gasteiger partial charge in [0, 0.05) is 5.56 Å². The Morgan fingerprint density at radius 1 is 1.33 bits per heavy atom. The molecule has 0 saturated heterocycles. The van der Waals surface area contributed by atoms with E-state index in [-0.39, 0.29) is 5.91 Å². The molecule has 1 aliphatic carbocycles. The van der Waals surface area contributed by atoms with Gasteiger partial charge in [-0.2, -0.15) is 0 Å². The standard InChI is InChI=1S/C17H19NO3/c19-16(10-12-6-2-1-3-7-12)18-14-11-21-15-9-5-4-8-13(15)17(14)20/h2,4-9,14,17,20H,1,3,10-11H2,(H,18,19). The Kier molecular flexibility index (Phi) is 4.06. The maximum absolute atomic E-state index is 12.1. The smallest absolute Gasteiger partial charge is 0.224 e. The number of ether oxygens (including phenoxy) is 1. The van der Waals surface area contributed by atoms with Gasteiger partial charge in [0.05, 0.1) is 12.5 Å². The highest BCUT2D eigenvalue weighted by atomic mass is 16.5. The molecular formula is C17H19NO3. The molecule has 110 valence electrons. The van der Waals surface area contributed by atoms with Crippen LogP contribution >= 0.6 is 0 Å². The lowest BCUT2D eigenvalue weighted by Gasteiger charge is -2.30. The number of hydrogen-bond acceptors (Lipinski definition) is 3. The predicted molar refractivity (Wildman–Crippen MR) is 79.9 cm³/mol. The molecule has 4 nitrogen and oxygen atoms in total. The molecule has 1 aliphatic heterocycles. The van der Waals surface area contributed by atoms with Crippen LogP contribution in [0.15, 0.2) is 48.1 Å². The van der Waals surface area contributed by atoms with E-state index in [1.807, 2.05) is 30.3 Å². The molecule has 4 heteroatoms. The maximum atomic E-state index is 12.1. The lowest BCUT2D eigenvalue weighted by atomic mass is 9.98. The van der Waals surface area contributed by atoms with E-state index in [0.717, 1.165) is 24.0 Å². The van der Waals surface area contributed by atoms with Crippen molar-refractivity contribution in [3.63, 3.8) is 0 Å². The van der Waals surface area contributed by atoms with Gasteiger partial charge in [-0.1, -0.05) is 36.4 Å². The summed E-state index contributed by atoms with van der Waals surface area (Å²) in [4.78, 5) is 12.1. The zero-order chi connectivity index (χ0) is 14.7. The predicted octanol–water partition coefficient (Wildman–Crippen LogP) is 2.26. The van der Waals surface area contributed by atoms with Gasteiger partial charge >= 0.3 is 0 Å². The second kappa shape index (κ2) is 6.14. The van der Waals surface area contributed by atoms with Crippen molar-refractivity contribution in [3.05, 3.63) is 53.6 Å². The molecule has 1 amide bonds. The summed E-state index contributed by atoms with van der Waals surface area (Å²) in [7, 11) is 0. The number of para-hydroxylation sites is 1. The fourth-order valence-corrected chi connectivity index (χ4v) is 2.71. The molecule has 21 heavy (non-hydrogen) atoms. The summed E-state index contributed by atoms with van der Waals surface area (Å²) in [6.45, 7) is 0.290. The number of rotatable bonds is 3. The summed E-state index contributed by atoms with van der Waals surface area (Å²) >= 11 is 0. The molecule has 3 rings (SSSR count). The lowest BCUT2D eigenvalue weighted by Crippen LogP contribution is -2.45. The molecule has 1 aromatic carbocycles. The van der Waals surface area contributed by atoms with E-state index in [9.17, 15) is 9.90 Å². The molecule has 2 aliphatic rings. The number of allylic oxidation sites excluding steroid dienone is 3. The first-order valence-electron chi connectivity index (χ1n) is 7.29. The van der Waals surface area contributed by atoms with Crippen LogP contribution < -0.4 is 10.1 Å². The van der Waals surface area contributed by atoms with E-state index < -0.39 is 12.1 Å². The van der Waals surface area contributed by atoms with Crippen LogP contribution in [0, 0.1) is 0 Å². The average molecular weight is 285 g/mol. The van der Waals surface area contributed by atoms with Gasteiger partial charge in [0.25, 0.3) is 0 Å². The normalized spacial score (nSPS) is 23.8. The second-order valence-electron chi connectivity index (χ2n) is 5.40. The van der Waals surface area contributed by atoms with Crippen molar-refractivity contribution in [1.82, 2.24) is 5.32 Å². The molecule has 0 bridgehead atoms. The largest absolute Gasteiger partial charge is 0.491 e. The molecule has 2 unspecified atom stereocenters. The zero-order valence-corrected chi connectivity index (χ0v) is 11.8. The van der Waals surface area contributed by atoms with Crippen molar-refractivity contribution < 1.29 is 14.6 Å². The van der Waals surface area contributed by atoms with Gasteiger partial charge in [-0.15, -0.1) is 0 Å². The zero-order valence-electron chi connectivity index (χ0n) is 11.8. The van der Waals surface area contributed by atoms with Gasteiger partial charge in [0.2, 0.25) is 5.91 Å². The van der Waals surface area contributed by atoms with E-state index in [2.05, 4.69) is 17.5 Å². The van der Waals surface area contributed by atoms with E-state index >= 15 is 0 Å². The van der Waals surface area contributed by atoms with Gasteiger partial charge in [0.1, 0.15) is 18.5 Å². The number of carbonyl (C=O) groups is 1. The molecule has 1 aromatic rings. The number of aliphatic hydroxyl groups is 1. The third-order valence-corrected chi connectivity index (χ3v) is 3.82. The lowest BCUT2D eigenvalue weighted by molar-refractivity contribution is -0.122. The van der Waals surface area contributed by atoms with Gasteiger partial charge in [-0.25, -0.2) is 0 Å². The Bertz CT molecular complexity index is 591. The van der Waals surface area contributed by atoms with Crippen molar-refractivity contribution in [1.29, 1.82) is 0 Å². The molecule has 0 saturated carbocycles. The third kappa shape index (κ3) is 3.16. The van der Waals surface area contributed by atoms with E-state index in [0.29, 0.717) is 18.8 Å². The average Bonchev–Trinajstić information content (AvgIpc) is 2.51. The number of aliphatic hydroxyl groups excluding tert-OH is 1. The Morgan fingerprint density at radius 3 is 3.00 bits per heavy atom. The number of carbonyl (C=O) groups excluding carboxylic acids is 1. The van der Waals surface area contributed by atoms with Gasteiger partial charge in [-0.3, -0.25) is 4.79 Å². The molecule has 0 aromatic heterocycles. The van der Waals surface area contributed by atoms with Crippen LogP contribution in [0.1, 0.15) is 30.9 Å². The minimum atomic E-state index is -0.727. The highest BCUT2D eigenvalue weighted by Gasteiger charge is 2.30. The molecule has 0 radical (unpaired) electrons. The Morgan fingerprint density at radius 2 is 2.19 bits per heavy atom. The molecule has 1 heterocycles. The van der Waals surface area contributed by atoms with Crippen molar-refractivity contribution >= 4 is 5.91 Å². The van der Waals surface area contributed by atoms with Crippen LogP contribution in [0.5, 0.6) is 5.75 Å². The number of benzene rings is 1. The third-order valence-electron chi connectivity index (χ3n) is 3.82. The SMILES string of the molecule is O=C(CC1=CCCC=C1)NC1COc2ccccc2C1O. The second-order valence-corrected chi connectivity index (χ2v) is 5.40. The number of hydrogen-bond donors (Lipinski definition) is 2. The van der Waals surface area contributed by atoms with Crippen LogP contribution in [0.25, 0.3) is 0 Å². The Hall–Kier alpha value is -2.07. The first-order valence-corrected chi connectivity index (χ1v) is 7.29. The highest BCUT2D eigenvalue weighted by Crippen LogP contribution is 2.31. The monoisotopic (exact) mass is 285 g/mol. The fourth-order valence-electron chi connectivity index (χ4n) is 2.71. The summed E-state index contributed by atoms with van der Waals surface area (Å²) in [6.07, 6.45) is 7.81. The Labute approximate surface area is 124 Å². The van der Waals surface area contributed by atoms with Crippen molar-refractivity contribution in [2.45, 2.75) is 31.4 Å². The summed E-state index contributed by atoms with van der Waals surface area (Å²) < 4.78 is 5.59. The van der Waals surface area contributed by atoms with Gasteiger partial charge < -0.3 is 15.2 Å². The van der Waals surface area contributed by atoms with Crippen LogP contribution in [-0.4, -0.2) is 23.7 Å². The molecular weight excluding hydrogens is 266 g/mol. The van der Waals surface area contributed by atoms with Crippen molar-refractivity contribution in [2.24, 2.45) is 0 Å². The van der Waals surface area contributed by atoms with Gasteiger partial charge in [-0.05, 0) is 24.5 Å². The Balaban J connectivity index is 1.62. The van der Waals surface area contributed by atoms with Crippen LogP contribution in [-0.2, 0) is 4.79 Å². The summed E-state index contributed by atoms with van der Waals surface area (Å²) in [6, 6.07) is 6.97. The minimum absolute atomic E-state index is 0.0835.